The van der Waals surface area contributed by atoms with Gasteiger partial charge in [0.2, 0.25) is 0 Å². The lowest BCUT2D eigenvalue weighted by atomic mass is 10.3. The van der Waals surface area contributed by atoms with Crippen LogP contribution < -0.4 is 0 Å². The molecule has 0 atom stereocenters. The average molecular weight is 209 g/mol. The zero-order chi connectivity index (χ0) is 11.3. The zero-order valence-corrected chi connectivity index (χ0v) is 9.48. The summed E-state index contributed by atoms with van der Waals surface area (Å²) < 4.78 is 0. The highest BCUT2D eigenvalue weighted by molar-refractivity contribution is 5.75. The van der Waals surface area contributed by atoms with Gasteiger partial charge in [-0.15, -0.1) is 0 Å². The third kappa shape index (κ3) is 3.75. The second-order valence-electron chi connectivity index (χ2n) is 3.69. The topological polar surface area (TPSA) is 39.1 Å². The Labute approximate surface area is 91.2 Å². The molecule has 0 spiro atoms. The number of rotatable bonds is 3. The van der Waals surface area contributed by atoms with Crippen molar-refractivity contribution in [2.45, 2.75) is 6.92 Å². The van der Waals surface area contributed by atoms with E-state index in [1.165, 1.54) is 6.21 Å². The smallest absolute Gasteiger partial charge is 0.126 e. The SMILES string of the molecule is C=C(O)C=N/C(=C\C)N1CCN(C)CC1. The molecular weight excluding hydrogens is 190 g/mol. The number of aliphatic hydroxyl groups excluding tert-OH is 1. The molecule has 0 aromatic carbocycles. The minimum atomic E-state index is -0.0107. The molecule has 0 amide bonds. The Morgan fingerprint density at radius 3 is 2.40 bits per heavy atom. The van der Waals surface area contributed by atoms with Crippen LogP contribution in [0.5, 0.6) is 0 Å². The first-order valence-corrected chi connectivity index (χ1v) is 5.15. The lowest BCUT2D eigenvalue weighted by molar-refractivity contribution is 0.185. The van der Waals surface area contributed by atoms with E-state index >= 15 is 0 Å². The minimum absolute atomic E-state index is 0.0107. The maximum absolute atomic E-state index is 8.94. The summed E-state index contributed by atoms with van der Waals surface area (Å²) in [5.74, 6) is 0.891. The van der Waals surface area contributed by atoms with Crippen LogP contribution in [0.3, 0.4) is 0 Å². The molecule has 0 radical (unpaired) electrons. The molecule has 15 heavy (non-hydrogen) atoms. The van der Waals surface area contributed by atoms with Gasteiger partial charge in [-0.3, -0.25) is 0 Å². The Kier molecular flexibility index (Phi) is 4.37. The highest BCUT2D eigenvalue weighted by atomic mass is 16.3. The summed E-state index contributed by atoms with van der Waals surface area (Å²) in [7, 11) is 2.12. The van der Waals surface area contributed by atoms with E-state index in [1.807, 2.05) is 13.0 Å². The van der Waals surface area contributed by atoms with Gasteiger partial charge in [0.1, 0.15) is 11.6 Å². The molecule has 1 fully saturated rings. The van der Waals surface area contributed by atoms with E-state index < -0.39 is 0 Å². The highest BCUT2D eigenvalue weighted by Crippen LogP contribution is 2.09. The van der Waals surface area contributed by atoms with E-state index in [2.05, 4.69) is 28.4 Å². The molecule has 0 unspecified atom stereocenters. The van der Waals surface area contributed by atoms with Crippen LogP contribution in [0.1, 0.15) is 6.92 Å². The normalized spacial score (nSPS) is 19.9. The molecule has 0 aromatic rings. The Bertz CT molecular complexity index is 276. The van der Waals surface area contributed by atoms with E-state index in [-0.39, 0.29) is 5.76 Å². The fraction of sp³-hybridized carbons (Fsp3) is 0.545. The first-order chi connectivity index (χ1) is 7.13. The summed E-state index contributed by atoms with van der Waals surface area (Å²) in [6, 6.07) is 0. The lowest BCUT2D eigenvalue weighted by Crippen LogP contribution is -2.43. The molecule has 84 valence electrons. The molecule has 1 aliphatic rings. The fourth-order valence-corrected chi connectivity index (χ4v) is 1.51. The standard InChI is InChI=1S/C11H19N3O/c1-4-11(12-9-10(2)15)14-7-5-13(3)6-8-14/h4,9,15H,2,5-8H2,1,3H3/b11-4+,12-9?. The number of hydrogen-bond acceptors (Lipinski definition) is 4. The van der Waals surface area contributed by atoms with Crippen LogP contribution in [0.2, 0.25) is 0 Å². The van der Waals surface area contributed by atoms with Gasteiger partial charge in [0, 0.05) is 26.2 Å². The molecule has 1 saturated heterocycles. The van der Waals surface area contributed by atoms with Gasteiger partial charge in [0.05, 0.1) is 6.21 Å². The summed E-state index contributed by atoms with van der Waals surface area (Å²) in [6.07, 6.45) is 3.33. The summed E-state index contributed by atoms with van der Waals surface area (Å²) in [5.41, 5.74) is 0. The van der Waals surface area contributed by atoms with Crippen molar-refractivity contribution in [3.05, 3.63) is 24.2 Å². The monoisotopic (exact) mass is 209 g/mol. The Morgan fingerprint density at radius 2 is 1.93 bits per heavy atom. The van der Waals surface area contributed by atoms with Gasteiger partial charge < -0.3 is 14.9 Å². The number of piperazine rings is 1. The summed E-state index contributed by atoms with van der Waals surface area (Å²) in [4.78, 5) is 8.68. The average Bonchev–Trinajstić information content (AvgIpc) is 2.21. The maximum atomic E-state index is 8.94. The zero-order valence-electron chi connectivity index (χ0n) is 9.48. The number of allylic oxidation sites excluding steroid dienone is 2. The molecule has 4 nitrogen and oxygen atoms in total. The molecule has 1 aliphatic heterocycles. The summed E-state index contributed by atoms with van der Waals surface area (Å²) >= 11 is 0. The quantitative estimate of drug-likeness (QED) is 0.561. The van der Waals surface area contributed by atoms with Gasteiger partial charge in [0.25, 0.3) is 0 Å². The molecule has 1 rings (SSSR count). The van der Waals surface area contributed by atoms with Crippen molar-refractivity contribution >= 4 is 6.21 Å². The van der Waals surface area contributed by atoms with E-state index in [9.17, 15) is 0 Å². The first-order valence-electron chi connectivity index (χ1n) is 5.15. The minimum Gasteiger partial charge on any atom is -0.507 e. The second kappa shape index (κ2) is 5.56. The lowest BCUT2D eigenvalue weighted by Gasteiger charge is -2.33. The molecule has 0 aliphatic carbocycles. The molecule has 1 heterocycles. The van der Waals surface area contributed by atoms with Gasteiger partial charge in [-0.1, -0.05) is 6.58 Å². The van der Waals surface area contributed by atoms with E-state index in [1.54, 1.807) is 0 Å². The van der Waals surface area contributed by atoms with Crippen molar-refractivity contribution in [2.75, 3.05) is 33.2 Å². The third-order valence-electron chi connectivity index (χ3n) is 2.43. The van der Waals surface area contributed by atoms with E-state index in [0.29, 0.717) is 0 Å². The van der Waals surface area contributed by atoms with Crippen molar-refractivity contribution in [2.24, 2.45) is 4.99 Å². The van der Waals surface area contributed by atoms with Crippen LogP contribution in [0.25, 0.3) is 0 Å². The van der Waals surface area contributed by atoms with Crippen molar-refractivity contribution in [1.29, 1.82) is 0 Å². The largest absolute Gasteiger partial charge is 0.507 e. The van der Waals surface area contributed by atoms with Gasteiger partial charge in [0.15, 0.2) is 0 Å². The number of hydrogen-bond donors (Lipinski definition) is 1. The number of likely N-dealkylation sites (N-methyl/N-ethyl adjacent to an activating group) is 1. The van der Waals surface area contributed by atoms with Gasteiger partial charge in [-0.25, -0.2) is 4.99 Å². The van der Waals surface area contributed by atoms with Gasteiger partial charge >= 0.3 is 0 Å². The van der Waals surface area contributed by atoms with Gasteiger partial charge in [-0.2, -0.15) is 0 Å². The first kappa shape index (κ1) is 11.8. The predicted molar refractivity (Wildman–Crippen MR) is 63.1 cm³/mol. The van der Waals surface area contributed by atoms with Crippen LogP contribution in [0.15, 0.2) is 29.2 Å². The Morgan fingerprint density at radius 1 is 1.33 bits per heavy atom. The highest BCUT2D eigenvalue weighted by Gasteiger charge is 2.14. The molecule has 0 saturated carbocycles. The van der Waals surface area contributed by atoms with Crippen LogP contribution in [0.4, 0.5) is 0 Å². The van der Waals surface area contributed by atoms with Crippen LogP contribution in [-0.2, 0) is 0 Å². The number of aliphatic hydroxyl groups is 1. The van der Waals surface area contributed by atoms with E-state index in [0.717, 1.165) is 32.0 Å². The van der Waals surface area contributed by atoms with Crippen molar-refractivity contribution in [3.8, 4) is 0 Å². The van der Waals surface area contributed by atoms with Crippen LogP contribution in [0, 0.1) is 0 Å². The fourth-order valence-electron chi connectivity index (χ4n) is 1.51. The molecule has 0 aromatic heterocycles. The third-order valence-corrected chi connectivity index (χ3v) is 2.43. The molecule has 0 bridgehead atoms. The Hall–Kier alpha value is -1.29. The number of nitrogens with zero attached hydrogens (tertiary/aromatic N) is 3. The predicted octanol–water partition coefficient (Wildman–Crippen LogP) is 1.24. The summed E-state index contributed by atoms with van der Waals surface area (Å²) in [6.45, 7) is 9.37. The van der Waals surface area contributed by atoms with Crippen LogP contribution in [-0.4, -0.2) is 54.3 Å². The van der Waals surface area contributed by atoms with Crippen molar-refractivity contribution in [1.82, 2.24) is 9.80 Å². The van der Waals surface area contributed by atoms with Crippen molar-refractivity contribution < 1.29 is 5.11 Å². The molecular formula is C11H19N3O. The summed E-state index contributed by atoms with van der Waals surface area (Å²) in [5, 5.41) is 8.94. The molecule has 1 N–H and O–H groups in total. The van der Waals surface area contributed by atoms with Crippen LogP contribution >= 0.6 is 0 Å². The molecule has 4 heteroatoms. The maximum Gasteiger partial charge on any atom is 0.126 e. The number of aliphatic imine (C=N–C) groups is 1. The Balaban J connectivity index is 2.56. The van der Waals surface area contributed by atoms with Crippen molar-refractivity contribution in [3.63, 3.8) is 0 Å². The second-order valence-corrected chi connectivity index (χ2v) is 3.69. The van der Waals surface area contributed by atoms with Gasteiger partial charge in [-0.05, 0) is 20.0 Å². The van der Waals surface area contributed by atoms with E-state index in [4.69, 9.17) is 5.11 Å².